The molecule has 2 N–H and O–H groups in total. The van der Waals surface area contributed by atoms with E-state index in [1.54, 1.807) is 0 Å². The van der Waals surface area contributed by atoms with Crippen LogP contribution >= 0.6 is 0 Å². The van der Waals surface area contributed by atoms with Crippen molar-refractivity contribution in [2.45, 2.75) is 109 Å². The summed E-state index contributed by atoms with van der Waals surface area (Å²) in [5, 5.41) is 21.1. The molecule has 0 aromatic carbocycles. The summed E-state index contributed by atoms with van der Waals surface area (Å²) in [4.78, 5) is 0. The zero-order valence-electron chi connectivity index (χ0n) is 19.2. The Bertz CT molecular complexity index is 697. The maximum absolute atomic E-state index is 10.9. The Morgan fingerprint density at radius 1 is 0.833 bits per heavy atom. The summed E-state index contributed by atoms with van der Waals surface area (Å²) in [7, 11) is 0. The van der Waals surface area contributed by atoms with E-state index in [9.17, 15) is 10.2 Å². The maximum atomic E-state index is 10.9. The van der Waals surface area contributed by atoms with Crippen molar-refractivity contribution in [2.75, 3.05) is 6.61 Å². The fourth-order valence-electron chi connectivity index (χ4n) is 9.75. The lowest BCUT2D eigenvalue weighted by molar-refractivity contribution is -0.301. The van der Waals surface area contributed by atoms with Gasteiger partial charge in [-0.1, -0.05) is 20.8 Å². The summed E-state index contributed by atoms with van der Waals surface area (Å²) in [5.74, 6) is 3.35. The predicted molar refractivity (Wildman–Crippen MR) is 115 cm³/mol. The van der Waals surface area contributed by atoms with Crippen LogP contribution in [0.4, 0.5) is 0 Å². The summed E-state index contributed by atoms with van der Waals surface area (Å²) in [5.41, 5.74) is 0.765. The highest BCUT2D eigenvalue weighted by Gasteiger charge is 2.67. The predicted octanol–water partition coefficient (Wildman–Crippen LogP) is 4.52. The summed E-state index contributed by atoms with van der Waals surface area (Å²) in [6.45, 7) is 7.99. The number of rotatable bonds is 0. The van der Waals surface area contributed by atoms with E-state index in [-0.39, 0.29) is 12.2 Å². The molecule has 30 heavy (non-hydrogen) atoms. The molecule has 4 heteroatoms. The van der Waals surface area contributed by atoms with Crippen LogP contribution in [0.5, 0.6) is 0 Å². The molecular formula is C26H42O4. The molecule has 0 aromatic heterocycles. The normalized spacial score (nSPS) is 62.5. The van der Waals surface area contributed by atoms with E-state index in [2.05, 4.69) is 20.8 Å². The van der Waals surface area contributed by atoms with Crippen molar-refractivity contribution in [1.82, 2.24) is 0 Å². The highest BCUT2D eigenvalue weighted by Crippen LogP contribution is 2.70. The zero-order valence-corrected chi connectivity index (χ0v) is 19.2. The number of hydrogen-bond donors (Lipinski definition) is 2. The SMILES string of the molecule is CC1COC2(CC3C(CC4C5CCC6CC(O)CCC6(C)C5CCC34C)O2)C(O)C1. The first kappa shape index (κ1) is 20.4. The molecule has 0 bridgehead atoms. The fourth-order valence-corrected chi connectivity index (χ4v) is 9.75. The molecule has 0 amide bonds. The first-order chi connectivity index (χ1) is 14.3. The topological polar surface area (TPSA) is 58.9 Å². The third-order valence-electron chi connectivity index (χ3n) is 11.5. The number of fused-ring (bicyclic) bond motifs is 7. The Morgan fingerprint density at radius 2 is 1.63 bits per heavy atom. The Morgan fingerprint density at radius 3 is 2.43 bits per heavy atom. The Hall–Kier alpha value is -0.160. The molecule has 170 valence electrons. The van der Waals surface area contributed by atoms with Gasteiger partial charge in [0.2, 0.25) is 0 Å². The minimum Gasteiger partial charge on any atom is -0.393 e. The monoisotopic (exact) mass is 418 g/mol. The smallest absolute Gasteiger partial charge is 0.195 e. The van der Waals surface area contributed by atoms with Crippen molar-refractivity contribution in [2.24, 2.45) is 46.3 Å². The zero-order chi connectivity index (χ0) is 20.9. The van der Waals surface area contributed by atoms with E-state index < -0.39 is 11.9 Å². The van der Waals surface area contributed by atoms with Crippen molar-refractivity contribution >= 4 is 0 Å². The van der Waals surface area contributed by atoms with Gasteiger partial charge in [-0.15, -0.1) is 0 Å². The van der Waals surface area contributed by atoms with E-state index in [0.29, 0.717) is 29.3 Å². The molecule has 0 aromatic rings. The van der Waals surface area contributed by atoms with Gasteiger partial charge in [0.1, 0.15) is 6.10 Å². The van der Waals surface area contributed by atoms with Crippen LogP contribution in [0.2, 0.25) is 0 Å². The van der Waals surface area contributed by atoms with Crippen molar-refractivity contribution in [3.63, 3.8) is 0 Å². The molecule has 2 heterocycles. The highest BCUT2D eigenvalue weighted by atomic mass is 16.7. The number of aliphatic hydroxyl groups excluding tert-OH is 2. The van der Waals surface area contributed by atoms with Gasteiger partial charge in [-0.25, -0.2) is 0 Å². The van der Waals surface area contributed by atoms with Gasteiger partial charge >= 0.3 is 0 Å². The minimum atomic E-state index is -0.726. The van der Waals surface area contributed by atoms with Crippen molar-refractivity contribution in [3.05, 3.63) is 0 Å². The van der Waals surface area contributed by atoms with Crippen LogP contribution in [-0.4, -0.2) is 40.9 Å². The van der Waals surface area contributed by atoms with Gasteiger partial charge in [0.15, 0.2) is 5.79 Å². The van der Waals surface area contributed by atoms with E-state index in [0.717, 1.165) is 49.4 Å². The molecule has 4 aliphatic carbocycles. The van der Waals surface area contributed by atoms with Crippen LogP contribution in [-0.2, 0) is 9.47 Å². The molecule has 6 aliphatic rings. The van der Waals surface area contributed by atoms with Crippen LogP contribution in [0.3, 0.4) is 0 Å². The van der Waals surface area contributed by atoms with Gasteiger partial charge in [0.25, 0.3) is 0 Å². The van der Waals surface area contributed by atoms with Crippen molar-refractivity contribution in [1.29, 1.82) is 0 Å². The largest absolute Gasteiger partial charge is 0.393 e. The molecule has 12 atom stereocenters. The second-order valence-corrected chi connectivity index (χ2v) is 12.8. The first-order valence-corrected chi connectivity index (χ1v) is 12.9. The second-order valence-electron chi connectivity index (χ2n) is 12.8. The maximum Gasteiger partial charge on any atom is 0.195 e. The molecule has 6 rings (SSSR count). The first-order valence-electron chi connectivity index (χ1n) is 12.9. The lowest BCUT2D eigenvalue weighted by atomic mass is 9.44. The van der Waals surface area contributed by atoms with Gasteiger partial charge < -0.3 is 19.7 Å². The van der Waals surface area contributed by atoms with Crippen LogP contribution in [0, 0.1) is 46.3 Å². The average molecular weight is 419 g/mol. The van der Waals surface area contributed by atoms with E-state index in [1.165, 1.54) is 38.5 Å². The van der Waals surface area contributed by atoms with E-state index in [1.807, 2.05) is 0 Å². The standard InChI is InChI=1S/C26H42O4/c1-15-10-23(28)26(29-14-15)13-21-22(30-26)12-20-18-5-4-16-11-17(27)6-8-24(16,2)19(18)7-9-25(20,21)3/h15-23,27-28H,4-14H2,1-3H3. The van der Waals surface area contributed by atoms with Crippen LogP contribution in [0.15, 0.2) is 0 Å². The molecule has 0 radical (unpaired) electrons. The van der Waals surface area contributed by atoms with Gasteiger partial charge in [-0.3, -0.25) is 0 Å². The molecule has 4 nitrogen and oxygen atoms in total. The van der Waals surface area contributed by atoms with Crippen LogP contribution in [0.25, 0.3) is 0 Å². The summed E-state index contributed by atoms with van der Waals surface area (Å²) in [6, 6.07) is 0. The molecule has 1 spiro atoms. The van der Waals surface area contributed by atoms with Gasteiger partial charge in [0, 0.05) is 6.42 Å². The number of ether oxygens (including phenoxy) is 2. The quantitative estimate of drug-likeness (QED) is 0.607. The third-order valence-corrected chi connectivity index (χ3v) is 11.5. The van der Waals surface area contributed by atoms with E-state index in [4.69, 9.17) is 9.47 Å². The molecule has 2 saturated heterocycles. The molecule has 4 saturated carbocycles. The van der Waals surface area contributed by atoms with Gasteiger partial charge in [-0.05, 0) is 104 Å². The van der Waals surface area contributed by atoms with Crippen molar-refractivity contribution < 1.29 is 19.7 Å². The Balaban J connectivity index is 1.24. The molecule has 6 fully saturated rings. The van der Waals surface area contributed by atoms with Gasteiger partial charge in [0.05, 0.1) is 18.8 Å². The van der Waals surface area contributed by atoms with Crippen LogP contribution < -0.4 is 0 Å². The lowest BCUT2D eigenvalue weighted by Gasteiger charge is -2.61. The second kappa shape index (κ2) is 6.68. The summed E-state index contributed by atoms with van der Waals surface area (Å²) >= 11 is 0. The third kappa shape index (κ3) is 2.66. The minimum absolute atomic E-state index is 0.0615. The van der Waals surface area contributed by atoms with Crippen LogP contribution in [0.1, 0.15) is 85.0 Å². The highest BCUT2D eigenvalue weighted by molar-refractivity contribution is 5.14. The number of hydrogen-bond acceptors (Lipinski definition) is 4. The van der Waals surface area contributed by atoms with E-state index >= 15 is 0 Å². The number of aliphatic hydroxyl groups is 2. The lowest BCUT2D eigenvalue weighted by Crippen LogP contribution is -2.55. The Labute approximate surface area is 182 Å². The fraction of sp³-hybridized carbons (Fsp3) is 1.00. The Kier molecular flexibility index (Phi) is 4.55. The molecular weight excluding hydrogens is 376 g/mol. The van der Waals surface area contributed by atoms with Gasteiger partial charge in [-0.2, -0.15) is 0 Å². The molecule has 12 unspecified atom stereocenters. The van der Waals surface area contributed by atoms with Crippen molar-refractivity contribution in [3.8, 4) is 0 Å². The summed E-state index contributed by atoms with van der Waals surface area (Å²) < 4.78 is 12.9. The average Bonchev–Trinajstić information content (AvgIpc) is 3.20. The molecule has 2 aliphatic heterocycles. The summed E-state index contributed by atoms with van der Waals surface area (Å²) in [6.07, 6.45) is 11.1.